The lowest BCUT2D eigenvalue weighted by Gasteiger charge is -2.08. The molecule has 0 atom stereocenters. The van der Waals surface area contributed by atoms with E-state index in [0.29, 0.717) is 6.61 Å². The van der Waals surface area contributed by atoms with Gasteiger partial charge in [-0.05, 0) is 24.6 Å². The molecular weight excluding hydrogens is 278 g/mol. The molecule has 6 nitrogen and oxygen atoms in total. The van der Waals surface area contributed by atoms with Crippen LogP contribution in [0.3, 0.4) is 0 Å². The van der Waals surface area contributed by atoms with Gasteiger partial charge in [0.1, 0.15) is 24.3 Å². The van der Waals surface area contributed by atoms with Crippen LogP contribution in [0, 0.1) is 0 Å². The second kappa shape index (κ2) is 6.82. The van der Waals surface area contributed by atoms with Crippen molar-refractivity contribution < 1.29 is 4.74 Å². The Bertz CT molecular complexity index is 710. The van der Waals surface area contributed by atoms with E-state index in [9.17, 15) is 0 Å². The van der Waals surface area contributed by atoms with E-state index in [-0.39, 0.29) is 0 Å². The Morgan fingerprint density at radius 1 is 1.18 bits per heavy atom. The van der Waals surface area contributed by atoms with Gasteiger partial charge in [0.25, 0.3) is 0 Å². The van der Waals surface area contributed by atoms with Gasteiger partial charge in [0, 0.05) is 30.8 Å². The van der Waals surface area contributed by atoms with Crippen molar-refractivity contribution in [3.05, 3.63) is 60.9 Å². The first-order valence-corrected chi connectivity index (χ1v) is 7.09. The van der Waals surface area contributed by atoms with E-state index < -0.39 is 0 Å². The molecule has 3 aromatic rings. The molecule has 112 valence electrons. The van der Waals surface area contributed by atoms with Gasteiger partial charge in [-0.25, -0.2) is 15.0 Å². The first-order valence-electron chi connectivity index (χ1n) is 7.09. The smallest absolute Gasteiger partial charge is 0.143 e. The molecule has 0 aliphatic carbocycles. The molecule has 3 rings (SSSR count). The third kappa shape index (κ3) is 3.48. The zero-order valence-corrected chi connectivity index (χ0v) is 12.3. The lowest BCUT2D eigenvalue weighted by Crippen LogP contribution is -1.99. The van der Waals surface area contributed by atoms with Crippen molar-refractivity contribution in [2.75, 3.05) is 11.9 Å². The summed E-state index contributed by atoms with van der Waals surface area (Å²) in [7, 11) is 0. The highest BCUT2D eigenvalue weighted by Gasteiger charge is 2.02. The molecule has 2 aromatic heterocycles. The molecule has 0 aliphatic heterocycles. The number of aromatic nitrogens is 4. The minimum atomic E-state index is 0.634. The van der Waals surface area contributed by atoms with Crippen LogP contribution in [-0.2, 0) is 11.3 Å². The van der Waals surface area contributed by atoms with E-state index in [1.54, 1.807) is 12.5 Å². The fourth-order valence-corrected chi connectivity index (χ4v) is 2.00. The largest absolute Gasteiger partial charge is 0.377 e. The Morgan fingerprint density at radius 3 is 2.77 bits per heavy atom. The topological polar surface area (TPSA) is 64.9 Å². The normalized spacial score (nSPS) is 10.6. The summed E-state index contributed by atoms with van der Waals surface area (Å²) in [5, 5.41) is 3.26. The molecule has 0 fully saturated rings. The number of imidazole rings is 1. The summed E-state index contributed by atoms with van der Waals surface area (Å²) in [6.07, 6.45) is 6.79. The summed E-state index contributed by atoms with van der Waals surface area (Å²) < 4.78 is 7.22. The zero-order chi connectivity index (χ0) is 15.2. The van der Waals surface area contributed by atoms with Gasteiger partial charge in [-0.1, -0.05) is 12.1 Å². The van der Waals surface area contributed by atoms with Crippen LogP contribution in [0.5, 0.6) is 0 Å². The number of hydrogen-bond acceptors (Lipinski definition) is 5. The average Bonchev–Trinajstić information content (AvgIpc) is 3.09. The molecule has 1 aromatic carbocycles. The maximum absolute atomic E-state index is 5.39. The molecule has 0 saturated carbocycles. The summed E-state index contributed by atoms with van der Waals surface area (Å²) in [6, 6.07) is 9.96. The lowest BCUT2D eigenvalue weighted by molar-refractivity contribution is 0.134. The van der Waals surface area contributed by atoms with Crippen molar-refractivity contribution >= 4 is 11.5 Å². The predicted molar refractivity (Wildman–Crippen MR) is 84.2 cm³/mol. The maximum atomic E-state index is 5.39. The van der Waals surface area contributed by atoms with Gasteiger partial charge in [0.05, 0.1) is 6.61 Å². The molecule has 2 heterocycles. The Hall–Kier alpha value is -2.73. The quantitative estimate of drug-likeness (QED) is 0.757. The summed E-state index contributed by atoms with van der Waals surface area (Å²) in [5.74, 6) is 1.50. The van der Waals surface area contributed by atoms with Crippen molar-refractivity contribution in [1.82, 2.24) is 19.5 Å². The summed E-state index contributed by atoms with van der Waals surface area (Å²) in [4.78, 5) is 12.5. The molecule has 0 unspecified atom stereocenters. The maximum Gasteiger partial charge on any atom is 0.143 e. The van der Waals surface area contributed by atoms with E-state index in [1.807, 2.05) is 48.0 Å². The SMILES string of the molecule is CCOCc1ccc(Nc2cc(-n3ccnc3)ncn2)cc1. The number of ether oxygens (including phenoxy) is 1. The molecule has 1 N–H and O–H groups in total. The number of rotatable bonds is 6. The van der Waals surface area contributed by atoms with Crippen molar-refractivity contribution in [2.24, 2.45) is 0 Å². The van der Waals surface area contributed by atoms with Crippen molar-refractivity contribution in [3.63, 3.8) is 0 Å². The fraction of sp³-hybridized carbons (Fsp3) is 0.188. The molecule has 0 aliphatic rings. The van der Waals surface area contributed by atoms with Gasteiger partial charge in [-0.3, -0.25) is 4.57 Å². The van der Waals surface area contributed by atoms with Gasteiger partial charge in [0.15, 0.2) is 0 Å². The van der Waals surface area contributed by atoms with Crippen LogP contribution >= 0.6 is 0 Å². The highest BCUT2D eigenvalue weighted by Crippen LogP contribution is 2.17. The third-order valence-electron chi connectivity index (χ3n) is 3.12. The second-order valence-corrected chi connectivity index (χ2v) is 4.69. The zero-order valence-electron chi connectivity index (χ0n) is 12.3. The van der Waals surface area contributed by atoms with Crippen molar-refractivity contribution in [1.29, 1.82) is 0 Å². The van der Waals surface area contributed by atoms with E-state index in [0.717, 1.165) is 29.5 Å². The van der Waals surface area contributed by atoms with E-state index in [4.69, 9.17) is 4.74 Å². The van der Waals surface area contributed by atoms with Crippen LogP contribution in [0.1, 0.15) is 12.5 Å². The molecule has 0 saturated heterocycles. The summed E-state index contributed by atoms with van der Waals surface area (Å²) in [6.45, 7) is 3.34. The molecule has 0 bridgehead atoms. The average molecular weight is 295 g/mol. The number of benzene rings is 1. The van der Waals surface area contributed by atoms with Crippen LogP contribution < -0.4 is 5.32 Å². The van der Waals surface area contributed by atoms with E-state index >= 15 is 0 Å². The van der Waals surface area contributed by atoms with Gasteiger partial charge >= 0.3 is 0 Å². The minimum absolute atomic E-state index is 0.634. The molecule has 6 heteroatoms. The Balaban J connectivity index is 1.71. The van der Waals surface area contributed by atoms with Crippen molar-refractivity contribution in [2.45, 2.75) is 13.5 Å². The van der Waals surface area contributed by atoms with Gasteiger partial charge in [-0.15, -0.1) is 0 Å². The van der Waals surface area contributed by atoms with Crippen LogP contribution in [0.4, 0.5) is 11.5 Å². The standard InChI is InChI=1S/C16H17N5O/c1-2-22-10-13-3-5-14(6-4-13)20-15-9-16(19-11-18-15)21-8-7-17-12-21/h3-9,11-12H,2,10H2,1H3,(H,18,19,20). The highest BCUT2D eigenvalue weighted by atomic mass is 16.5. The first-order chi connectivity index (χ1) is 10.8. The minimum Gasteiger partial charge on any atom is -0.377 e. The highest BCUT2D eigenvalue weighted by molar-refractivity contribution is 5.57. The Labute approximate surface area is 128 Å². The summed E-state index contributed by atoms with van der Waals surface area (Å²) >= 11 is 0. The van der Waals surface area contributed by atoms with E-state index in [1.165, 1.54) is 6.33 Å². The number of anilines is 2. The molecule has 22 heavy (non-hydrogen) atoms. The molecule has 0 spiro atoms. The molecular formula is C16H17N5O. The molecule has 0 radical (unpaired) electrons. The number of nitrogens with zero attached hydrogens (tertiary/aromatic N) is 4. The number of hydrogen-bond donors (Lipinski definition) is 1. The van der Waals surface area contributed by atoms with Gasteiger partial charge in [0.2, 0.25) is 0 Å². The molecule has 0 amide bonds. The van der Waals surface area contributed by atoms with E-state index in [2.05, 4.69) is 20.3 Å². The lowest BCUT2D eigenvalue weighted by atomic mass is 10.2. The Kier molecular flexibility index (Phi) is 4.41. The van der Waals surface area contributed by atoms with Crippen LogP contribution in [0.25, 0.3) is 5.82 Å². The second-order valence-electron chi connectivity index (χ2n) is 4.69. The van der Waals surface area contributed by atoms with Crippen LogP contribution in [0.2, 0.25) is 0 Å². The first kappa shape index (κ1) is 14.2. The van der Waals surface area contributed by atoms with Crippen molar-refractivity contribution in [3.8, 4) is 5.82 Å². The number of nitrogens with one attached hydrogen (secondary N) is 1. The third-order valence-corrected chi connectivity index (χ3v) is 3.12. The van der Waals surface area contributed by atoms with Gasteiger partial charge in [-0.2, -0.15) is 0 Å². The van der Waals surface area contributed by atoms with Crippen LogP contribution in [-0.4, -0.2) is 26.1 Å². The van der Waals surface area contributed by atoms with Gasteiger partial charge < -0.3 is 10.1 Å². The fourth-order valence-electron chi connectivity index (χ4n) is 2.00. The van der Waals surface area contributed by atoms with Crippen LogP contribution in [0.15, 0.2) is 55.4 Å². The Morgan fingerprint density at radius 2 is 2.05 bits per heavy atom. The monoisotopic (exact) mass is 295 g/mol. The predicted octanol–water partition coefficient (Wildman–Crippen LogP) is 2.94. The summed E-state index contributed by atoms with van der Waals surface area (Å²) in [5.41, 5.74) is 2.12.